The molecular weight excluding hydrogens is 356 g/mol. The molecule has 1 aromatic carbocycles. The Labute approximate surface area is 153 Å². The number of amides is 1. The molecule has 2 rings (SSSR count). The van der Waals surface area contributed by atoms with Gasteiger partial charge in [0, 0.05) is 24.4 Å². The fourth-order valence-corrected chi connectivity index (χ4v) is 4.54. The number of sulfonamides is 1. The molecule has 2 N–H and O–H groups in total. The van der Waals surface area contributed by atoms with Gasteiger partial charge >= 0.3 is 0 Å². The molecule has 0 aliphatic rings. The third-order valence-corrected chi connectivity index (χ3v) is 6.32. The van der Waals surface area contributed by atoms with Gasteiger partial charge in [-0.2, -0.15) is 0 Å². The molecule has 0 unspecified atom stereocenters. The van der Waals surface area contributed by atoms with E-state index >= 15 is 0 Å². The van der Waals surface area contributed by atoms with Gasteiger partial charge in [0.15, 0.2) is 0 Å². The Morgan fingerprint density at radius 3 is 2.68 bits per heavy atom. The van der Waals surface area contributed by atoms with E-state index in [2.05, 4.69) is 16.1 Å². The van der Waals surface area contributed by atoms with Crippen molar-refractivity contribution in [3.05, 3.63) is 51.7 Å². The molecule has 1 amide bonds. The van der Waals surface area contributed by atoms with Crippen LogP contribution in [0.5, 0.6) is 0 Å². The molecule has 2 aromatic rings. The zero-order valence-electron chi connectivity index (χ0n) is 14.5. The molecular formula is C18H24N2O3S2. The van der Waals surface area contributed by atoms with Gasteiger partial charge in [-0.25, -0.2) is 13.1 Å². The first-order chi connectivity index (χ1) is 11.9. The summed E-state index contributed by atoms with van der Waals surface area (Å²) in [5.74, 6) is -0.0532. The van der Waals surface area contributed by atoms with E-state index in [-0.39, 0.29) is 23.9 Å². The maximum atomic E-state index is 12.3. The van der Waals surface area contributed by atoms with Gasteiger partial charge in [-0.1, -0.05) is 18.2 Å². The van der Waals surface area contributed by atoms with Crippen LogP contribution in [-0.4, -0.2) is 27.4 Å². The summed E-state index contributed by atoms with van der Waals surface area (Å²) in [6.45, 7) is 4.08. The molecule has 136 valence electrons. The predicted molar refractivity (Wildman–Crippen MR) is 101 cm³/mol. The number of thiophene rings is 1. The van der Waals surface area contributed by atoms with Crippen molar-refractivity contribution in [3.63, 3.8) is 0 Å². The average molecular weight is 381 g/mol. The molecule has 0 atom stereocenters. The zero-order chi connectivity index (χ0) is 18.3. The van der Waals surface area contributed by atoms with Crippen LogP contribution >= 0.6 is 11.3 Å². The summed E-state index contributed by atoms with van der Waals surface area (Å²) in [5, 5.41) is 4.78. The number of carbonyl (C=O) groups is 1. The Bertz CT molecular complexity index is 800. The molecule has 0 aliphatic heterocycles. The first-order valence-corrected chi connectivity index (χ1v) is 10.6. The fourth-order valence-electron chi connectivity index (χ4n) is 2.43. The summed E-state index contributed by atoms with van der Waals surface area (Å²) in [4.78, 5) is 13.3. The fraction of sp³-hybridized carbons (Fsp3) is 0.389. The van der Waals surface area contributed by atoms with Crippen LogP contribution < -0.4 is 10.0 Å². The topological polar surface area (TPSA) is 75.3 Å². The van der Waals surface area contributed by atoms with E-state index in [1.54, 1.807) is 30.4 Å². The highest BCUT2D eigenvalue weighted by atomic mass is 32.2. The summed E-state index contributed by atoms with van der Waals surface area (Å²) >= 11 is 1.69. The van der Waals surface area contributed by atoms with E-state index in [1.165, 1.54) is 4.88 Å². The predicted octanol–water partition coefficient (Wildman–Crippen LogP) is 2.78. The Morgan fingerprint density at radius 2 is 1.96 bits per heavy atom. The van der Waals surface area contributed by atoms with E-state index < -0.39 is 10.0 Å². The molecule has 0 aliphatic carbocycles. The van der Waals surface area contributed by atoms with E-state index in [1.807, 2.05) is 24.4 Å². The Balaban J connectivity index is 1.71. The maximum Gasteiger partial charge on any atom is 0.240 e. The molecule has 0 radical (unpaired) electrons. The van der Waals surface area contributed by atoms with Crippen molar-refractivity contribution in [1.29, 1.82) is 0 Å². The van der Waals surface area contributed by atoms with Crippen molar-refractivity contribution in [3.8, 4) is 0 Å². The van der Waals surface area contributed by atoms with Crippen LogP contribution in [0.1, 0.15) is 28.8 Å². The number of hydrogen-bond acceptors (Lipinski definition) is 4. The van der Waals surface area contributed by atoms with E-state index in [4.69, 9.17) is 0 Å². The van der Waals surface area contributed by atoms with E-state index in [0.29, 0.717) is 12.0 Å². The van der Waals surface area contributed by atoms with Gasteiger partial charge in [-0.3, -0.25) is 4.79 Å². The highest BCUT2D eigenvalue weighted by molar-refractivity contribution is 7.89. The maximum absolute atomic E-state index is 12.3. The van der Waals surface area contributed by atoms with E-state index in [9.17, 15) is 13.2 Å². The number of nitrogens with one attached hydrogen (secondary N) is 2. The Hall–Kier alpha value is -1.70. The smallest absolute Gasteiger partial charge is 0.240 e. The molecule has 1 aromatic heterocycles. The quantitative estimate of drug-likeness (QED) is 0.657. The molecule has 0 bridgehead atoms. The summed E-state index contributed by atoms with van der Waals surface area (Å²) < 4.78 is 27.2. The van der Waals surface area contributed by atoms with Crippen LogP contribution in [0, 0.1) is 13.8 Å². The largest absolute Gasteiger partial charge is 0.355 e. The molecule has 1 heterocycles. The lowest BCUT2D eigenvalue weighted by Crippen LogP contribution is -2.34. The SMILES string of the molecule is Cc1ccc(C)c(S(=O)(=O)NCCNC(=O)CCCc2cccs2)c1. The van der Waals surface area contributed by atoms with Crippen molar-refractivity contribution < 1.29 is 13.2 Å². The summed E-state index contributed by atoms with van der Waals surface area (Å²) in [6.07, 6.45) is 2.13. The van der Waals surface area contributed by atoms with Crippen molar-refractivity contribution in [2.45, 2.75) is 38.0 Å². The monoisotopic (exact) mass is 380 g/mol. The van der Waals surface area contributed by atoms with Crippen LogP contribution in [0.3, 0.4) is 0 Å². The van der Waals surface area contributed by atoms with Gasteiger partial charge in [-0.05, 0) is 55.3 Å². The summed E-state index contributed by atoms with van der Waals surface area (Å²) in [7, 11) is -3.56. The Kier molecular flexibility index (Phi) is 7.16. The minimum Gasteiger partial charge on any atom is -0.355 e. The molecule has 7 heteroatoms. The van der Waals surface area contributed by atoms with Gasteiger partial charge in [0.2, 0.25) is 15.9 Å². The number of rotatable bonds is 9. The average Bonchev–Trinajstić information content (AvgIpc) is 3.07. The highest BCUT2D eigenvalue weighted by Crippen LogP contribution is 2.16. The lowest BCUT2D eigenvalue weighted by Gasteiger charge is -2.10. The summed E-state index contributed by atoms with van der Waals surface area (Å²) in [5.41, 5.74) is 1.60. The van der Waals surface area contributed by atoms with Crippen LogP contribution in [0.4, 0.5) is 0 Å². The molecule has 0 spiro atoms. The van der Waals surface area contributed by atoms with Gasteiger partial charge in [0.1, 0.15) is 0 Å². The van der Waals surface area contributed by atoms with Crippen molar-refractivity contribution in [1.82, 2.24) is 10.0 Å². The Morgan fingerprint density at radius 1 is 1.16 bits per heavy atom. The lowest BCUT2D eigenvalue weighted by molar-refractivity contribution is -0.121. The zero-order valence-corrected chi connectivity index (χ0v) is 16.2. The molecule has 25 heavy (non-hydrogen) atoms. The molecule has 0 fully saturated rings. The number of hydrogen-bond donors (Lipinski definition) is 2. The van der Waals surface area contributed by atoms with Crippen LogP contribution in [0.15, 0.2) is 40.6 Å². The molecule has 5 nitrogen and oxygen atoms in total. The van der Waals surface area contributed by atoms with Crippen LogP contribution in [0.25, 0.3) is 0 Å². The second-order valence-electron chi connectivity index (χ2n) is 5.95. The highest BCUT2D eigenvalue weighted by Gasteiger charge is 2.16. The number of carbonyl (C=O) groups excluding carboxylic acids is 1. The van der Waals surface area contributed by atoms with Crippen molar-refractivity contribution in [2.24, 2.45) is 0 Å². The van der Waals surface area contributed by atoms with Gasteiger partial charge in [0.25, 0.3) is 0 Å². The van der Waals surface area contributed by atoms with Crippen molar-refractivity contribution in [2.75, 3.05) is 13.1 Å². The second-order valence-corrected chi connectivity index (χ2v) is 8.72. The summed E-state index contributed by atoms with van der Waals surface area (Å²) in [6, 6.07) is 9.39. The molecule has 0 saturated carbocycles. The van der Waals surface area contributed by atoms with Crippen LogP contribution in [-0.2, 0) is 21.2 Å². The third kappa shape index (κ3) is 6.26. The van der Waals surface area contributed by atoms with Gasteiger partial charge in [0.05, 0.1) is 4.90 Å². The van der Waals surface area contributed by atoms with Gasteiger partial charge in [-0.15, -0.1) is 11.3 Å². The minimum atomic E-state index is -3.56. The first kappa shape index (κ1) is 19.6. The first-order valence-electron chi connectivity index (χ1n) is 8.24. The van der Waals surface area contributed by atoms with Crippen LogP contribution in [0.2, 0.25) is 0 Å². The third-order valence-electron chi connectivity index (χ3n) is 3.78. The standard InChI is InChI=1S/C18H24N2O3S2/c1-14-8-9-15(2)17(13-14)25(22,23)20-11-10-19-18(21)7-3-5-16-6-4-12-24-16/h4,6,8-9,12-13,20H,3,5,7,10-11H2,1-2H3,(H,19,21). The minimum absolute atomic E-state index is 0.0532. The lowest BCUT2D eigenvalue weighted by atomic mass is 10.2. The van der Waals surface area contributed by atoms with E-state index in [0.717, 1.165) is 18.4 Å². The normalized spacial score (nSPS) is 11.4. The molecule has 0 saturated heterocycles. The van der Waals surface area contributed by atoms with Crippen molar-refractivity contribution >= 4 is 27.3 Å². The second kappa shape index (κ2) is 9.12. The van der Waals surface area contributed by atoms with Gasteiger partial charge < -0.3 is 5.32 Å². The number of aryl methyl sites for hydroxylation is 3. The number of benzene rings is 1.